The SMILES string of the molecule is CCOc1ccc(CNCC2(N)CC2)cc1Cl. The van der Waals surface area contributed by atoms with Crippen molar-refractivity contribution in [1.29, 1.82) is 0 Å². The van der Waals surface area contributed by atoms with Crippen LogP contribution in [-0.4, -0.2) is 18.7 Å². The number of hydrogen-bond acceptors (Lipinski definition) is 3. The first-order valence-electron chi connectivity index (χ1n) is 6.04. The number of nitrogens with one attached hydrogen (secondary N) is 1. The van der Waals surface area contributed by atoms with E-state index in [1.165, 1.54) is 0 Å². The van der Waals surface area contributed by atoms with E-state index < -0.39 is 0 Å². The largest absolute Gasteiger partial charge is 0.492 e. The van der Waals surface area contributed by atoms with E-state index in [2.05, 4.69) is 5.32 Å². The van der Waals surface area contributed by atoms with Gasteiger partial charge >= 0.3 is 0 Å². The van der Waals surface area contributed by atoms with E-state index in [-0.39, 0.29) is 5.54 Å². The molecule has 94 valence electrons. The molecule has 1 aliphatic carbocycles. The second-order valence-corrected chi connectivity index (χ2v) is 5.07. The van der Waals surface area contributed by atoms with E-state index in [9.17, 15) is 0 Å². The summed E-state index contributed by atoms with van der Waals surface area (Å²) in [4.78, 5) is 0. The lowest BCUT2D eigenvalue weighted by Crippen LogP contribution is -2.35. The third kappa shape index (κ3) is 3.60. The summed E-state index contributed by atoms with van der Waals surface area (Å²) in [7, 11) is 0. The highest BCUT2D eigenvalue weighted by Gasteiger charge is 2.37. The Morgan fingerprint density at radius 1 is 1.47 bits per heavy atom. The first kappa shape index (κ1) is 12.7. The quantitative estimate of drug-likeness (QED) is 0.819. The van der Waals surface area contributed by atoms with Gasteiger partial charge in [0.1, 0.15) is 5.75 Å². The molecule has 17 heavy (non-hydrogen) atoms. The van der Waals surface area contributed by atoms with Crippen LogP contribution in [0.15, 0.2) is 18.2 Å². The van der Waals surface area contributed by atoms with Crippen LogP contribution in [0.1, 0.15) is 25.3 Å². The molecular weight excluding hydrogens is 236 g/mol. The Morgan fingerprint density at radius 3 is 2.82 bits per heavy atom. The van der Waals surface area contributed by atoms with Gasteiger partial charge in [-0.2, -0.15) is 0 Å². The first-order chi connectivity index (χ1) is 8.13. The van der Waals surface area contributed by atoms with Crippen LogP contribution in [0.4, 0.5) is 0 Å². The Bertz CT molecular complexity index is 391. The molecule has 0 aliphatic heterocycles. The summed E-state index contributed by atoms with van der Waals surface area (Å²) in [6, 6.07) is 5.88. The minimum Gasteiger partial charge on any atom is -0.492 e. The zero-order valence-corrected chi connectivity index (χ0v) is 10.9. The molecule has 0 spiro atoms. The van der Waals surface area contributed by atoms with Crippen molar-refractivity contribution in [2.45, 2.75) is 31.8 Å². The second kappa shape index (κ2) is 5.25. The number of halogens is 1. The number of nitrogens with two attached hydrogens (primary N) is 1. The molecule has 1 aromatic carbocycles. The minimum absolute atomic E-state index is 0.0507. The summed E-state index contributed by atoms with van der Waals surface area (Å²) >= 11 is 6.11. The average Bonchev–Trinajstić information content (AvgIpc) is 3.01. The van der Waals surface area contributed by atoms with Crippen LogP contribution in [0, 0.1) is 0 Å². The fourth-order valence-corrected chi connectivity index (χ4v) is 1.98. The van der Waals surface area contributed by atoms with E-state index in [1.807, 2.05) is 25.1 Å². The van der Waals surface area contributed by atoms with Gasteiger partial charge in [-0.15, -0.1) is 0 Å². The van der Waals surface area contributed by atoms with E-state index in [0.29, 0.717) is 11.6 Å². The van der Waals surface area contributed by atoms with Crippen LogP contribution in [0.2, 0.25) is 5.02 Å². The lowest BCUT2D eigenvalue weighted by molar-refractivity contribution is 0.340. The maximum atomic E-state index is 6.11. The van der Waals surface area contributed by atoms with Gasteiger partial charge in [-0.3, -0.25) is 0 Å². The molecule has 0 heterocycles. The zero-order chi connectivity index (χ0) is 12.3. The summed E-state index contributed by atoms with van der Waals surface area (Å²) in [5, 5.41) is 4.03. The number of hydrogen-bond donors (Lipinski definition) is 2. The molecule has 0 atom stereocenters. The highest BCUT2D eigenvalue weighted by atomic mass is 35.5. The van der Waals surface area contributed by atoms with Gasteiger partial charge in [0.05, 0.1) is 11.6 Å². The fourth-order valence-electron chi connectivity index (χ4n) is 1.72. The Balaban J connectivity index is 1.86. The minimum atomic E-state index is 0.0507. The number of benzene rings is 1. The van der Waals surface area contributed by atoms with E-state index in [0.717, 1.165) is 37.2 Å². The predicted molar refractivity (Wildman–Crippen MR) is 70.5 cm³/mol. The highest BCUT2D eigenvalue weighted by Crippen LogP contribution is 2.31. The zero-order valence-electron chi connectivity index (χ0n) is 10.1. The summed E-state index contributed by atoms with van der Waals surface area (Å²) in [5.74, 6) is 0.746. The maximum Gasteiger partial charge on any atom is 0.137 e. The van der Waals surface area contributed by atoms with E-state index >= 15 is 0 Å². The molecule has 2 rings (SSSR count). The summed E-state index contributed by atoms with van der Waals surface area (Å²) in [6.45, 7) is 4.25. The lowest BCUT2D eigenvalue weighted by atomic mass is 10.2. The van der Waals surface area contributed by atoms with Gasteiger partial charge in [-0.05, 0) is 37.5 Å². The Morgan fingerprint density at radius 2 is 2.24 bits per heavy atom. The molecule has 0 unspecified atom stereocenters. The van der Waals surface area contributed by atoms with Gasteiger partial charge in [0, 0.05) is 18.6 Å². The average molecular weight is 255 g/mol. The van der Waals surface area contributed by atoms with Gasteiger partial charge < -0.3 is 15.8 Å². The van der Waals surface area contributed by atoms with Crippen molar-refractivity contribution in [3.8, 4) is 5.75 Å². The molecule has 1 aromatic rings. The monoisotopic (exact) mass is 254 g/mol. The van der Waals surface area contributed by atoms with Crippen LogP contribution in [-0.2, 0) is 6.54 Å². The van der Waals surface area contributed by atoms with Gasteiger partial charge in [-0.25, -0.2) is 0 Å². The summed E-state index contributed by atoms with van der Waals surface area (Å²) < 4.78 is 5.39. The van der Waals surface area contributed by atoms with Crippen molar-refractivity contribution in [3.05, 3.63) is 28.8 Å². The number of ether oxygens (including phenoxy) is 1. The van der Waals surface area contributed by atoms with Crippen LogP contribution >= 0.6 is 11.6 Å². The van der Waals surface area contributed by atoms with Gasteiger partial charge in [0.2, 0.25) is 0 Å². The summed E-state index contributed by atoms with van der Waals surface area (Å²) in [6.07, 6.45) is 2.26. The predicted octanol–water partition coefficient (Wildman–Crippen LogP) is 2.32. The third-order valence-electron chi connectivity index (χ3n) is 2.99. The van der Waals surface area contributed by atoms with Crippen LogP contribution in [0.3, 0.4) is 0 Å². The molecular formula is C13H19ClN2O. The van der Waals surface area contributed by atoms with Crippen molar-refractivity contribution in [2.75, 3.05) is 13.2 Å². The van der Waals surface area contributed by atoms with Gasteiger partial charge in [-0.1, -0.05) is 17.7 Å². The number of rotatable bonds is 6. The molecule has 3 nitrogen and oxygen atoms in total. The Labute approximate surface area is 107 Å². The second-order valence-electron chi connectivity index (χ2n) is 4.66. The van der Waals surface area contributed by atoms with Crippen molar-refractivity contribution < 1.29 is 4.74 Å². The molecule has 4 heteroatoms. The smallest absolute Gasteiger partial charge is 0.137 e. The molecule has 3 N–H and O–H groups in total. The fraction of sp³-hybridized carbons (Fsp3) is 0.538. The molecule has 0 saturated heterocycles. The van der Waals surface area contributed by atoms with Gasteiger partial charge in [0.25, 0.3) is 0 Å². The van der Waals surface area contributed by atoms with Gasteiger partial charge in [0.15, 0.2) is 0 Å². The third-order valence-corrected chi connectivity index (χ3v) is 3.29. The lowest BCUT2D eigenvalue weighted by Gasteiger charge is -2.11. The topological polar surface area (TPSA) is 47.3 Å². The summed E-state index contributed by atoms with van der Waals surface area (Å²) in [5.41, 5.74) is 7.20. The van der Waals surface area contributed by atoms with Crippen LogP contribution < -0.4 is 15.8 Å². The normalized spacial score (nSPS) is 16.9. The highest BCUT2D eigenvalue weighted by molar-refractivity contribution is 6.32. The van der Waals surface area contributed by atoms with Crippen LogP contribution in [0.5, 0.6) is 5.75 Å². The van der Waals surface area contributed by atoms with Crippen molar-refractivity contribution >= 4 is 11.6 Å². The molecule has 1 aliphatic rings. The van der Waals surface area contributed by atoms with E-state index in [1.54, 1.807) is 0 Å². The van der Waals surface area contributed by atoms with Crippen LogP contribution in [0.25, 0.3) is 0 Å². The molecule has 1 fully saturated rings. The molecule has 0 radical (unpaired) electrons. The molecule has 0 amide bonds. The van der Waals surface area contributed by atoms with Crippen molar-refractivity contribution in [3.63, 3.8) is 0 Å². The first-order valence-corrected chi connectivity index (χ1v) is 6.41. The molecule has 0 bridgehead atoms. The van der Waals surface area contributed by atoms with Crippen molar-refractivity contribution in [1.82, 2.24) is 5.32 Å². The van der Waals surface area contributed by atoms with E-state index in [4.69, 9.17) is 22.1 Å². The Hall–Kier alpha value is -0.770. The van der Waals surface area contributed by atoms with Crippen molar-refractivity contribution in [2.24, 2.45) is 5.73 Å². The molecule has 0 aromatic heterocycles. The molecule has 1 saturated carbocycles. The standard InChI is InChI=1S/C13H19ClN2O/c1-2-17-12-4-3-10(7-11(12)14)8-16-9-13(15)5-6-13/h3-4,7,16H,2,5-6,8-9,15H2,1H3. The Kier molecular flexibility index (Phi) is 3.92. The maximum absolute atomic E-state index is 6.11.